The smallest absolute Gasteiger partial charge is 0.191 e. The number of halogens is 1. The van der Waals surface area contributed by atoms with E-state index in [0.29, 0.717) is 13.0 Å². The van der Waals surface area contributed by atoms with Gasteiger partial charge in [0.05, 0.1) is 5.60 Å². The van der Waals surface area contributed by atoms with Crippen molar-refractivity contribution >= 4 is 22.9 Å². The van der Waals surface area contributed by atoms with Gasteiger partial charge < -0.3 is 15.7 Å². The number of rotatable bonds is 4. The molecule has 1 aliphatic rings. The van der Waals surface area contributed by atoms with Crippen LogP contribution >= 0.6 is 17.0 Å². The number of hydrogen-bond donors (Lipinski definition) is 3. The summed E-state index contributed by atoms with van der Waals surface area (Å²) in [5, 5.41) is 17.0. The van der Waals surface area contributed by atoms with Crippen LogP contribution in [-0.4, -0.2) is 30.7 Å². The van der Waals surface area contributed by atoms with E-state index in [1.807, 2.05) is 37.3 Å². The second-order valence-corrected chi connectivity index (χ2v) is 5.18. The van der Waals surface area contributed by atoms with Crippen LogP contribution in [0.15, 0.2) is 35.3 Å². The van der Waals surface area contributed by atoms with E-state index in [9.17, 15) is 5.11 Å². The van der Waals surface area contributed by atoms with Crippen LogP contribution in [0.2, 0.25) is 0 Å². The molecule has 1 aromatic rings. The van der Waals surface area contributed by atoms with Gasteiger partial charge in [0.25, 0.3) is 0 Å². The van der Waals surface area contributed by atoms with Gasteiger partial charge in [-0.05, 0) is 31.7 Å². The van der Waals surface area contributed by atoms with E-state index in [0.717, 1.165) is 37.5 Å². The summed E-state index contributed by atoms with van der Waals surface area (Å²) >= 11 is 0. The molecular formula is C15H24BrN3O. The van der Waals surface area contributed by atoms with Crippen LogP contribution in [0.1, 0.15) is 31.7 Å². The average molecular weight is 342 g/mol. The number of benzene rings is 1. The van der Waals surface area contributed by atoms with Gasteiger partial charge in [0.1, 0.15) is 0 Å². The number of hydrogen-bond acceptors (Lipinski definition) is 4. The van der Waals surface area contributed by atoms with Gasteiger partial charge in [-0.3, -0.25) is 4.99 Å². The molecule has 0 saturated heterocycles. The second kappa shape index (κ2) is 8.27. The lowest BCUT2D eigenvalue weighted by Gasteiger charge is -2.24. The SMILES string of the molecule is Br.CC(O)(CCNC1=NCCCCN1)c1ccccc1. The topological polar surface area (TPSA) is 56.6 Å². The minimum absolute atomic E-state index is 0. The molecular weight excluding hydrogens is 318 g/mol. The summed E-state index contributed by atoms with van der Waals surface area (Å²) in [6, 6.07) is 9.78. The van der Waals surface area contributed by atoms with E-state index in [4.69, 9.17) is 0 Å². The molecule has 4 nitrogen and oxygen atoms in total. The van der Waals surface area contributed by atoms with Gasteiger partial charge in [0.2, 0.25) is 0 Å². The first-order valence-electron chi connectivity index (χ1n) is 6.98. The average Bonchev–Trinajstić information content (AvgIpc) is 2.68. The van der Waals surface area contributed by atoms with Gasteiger partial charge >= 0.3 is 0 Å². The molecule has 0 fully saturated rings. The molecule has 1 heterocycles. The molecule has 1 atom stereocenters. The summed E-state index contributed by atoms with van der Waals surface area (Å²) in [4.78, 5) is 4.43. The first-order valence-corrected chi connectivity index (χ1v) is 6.98. The van der Waals surface area contributed by atoms with E-state index >= 15 is 0 Å². The Hall–Kier alpha value is -1.07. The standard InChI is InChI=1S/C15H23N3O.BrH/c1-15(19,13-7-3-2-4-8-13)9-12-18-14-16-10-5-6-11-17-14;/h2-4,7-8,19H,5-6,9-12H2,1H3,(H2,16,17,18);1H. The molecule has 3 N–H and O–H groups in total. The number of guanidine groups is 1. The number of nitrogens with zero attached hydrogens (tertiary/aromatic N) is 1. The Bertz CT molecular complexity index is 420. The van der Waals surface area contributed by atoms with E-state index in [1.165, 1.54) is 0 Å². The minimum Gasteiger partial charge on any atom is -0.385 e. The Balaban J connectivity index is 0.00000200. The van der Waals surface area contributed by atoms with Gasteiger partial charge in [-0.1, -0.05) is 30.3 Å². The monoisotopic (exact) mass is 341 g/mol. The van der Waals surface area contributed by atoms with Crippen molar-refractivity contribution in [3.05, 3.63) is 35.9 Å². The molecule has 1 unspecified atom stereocenters. The van der Waals surface area contributed by atoms with Crippen LogP contribution in [-0.2, 0) is 5.60 Å². The van der Waals surface area contributed by atoms with Crippen molar-refractivity contribution in [2.24, 2.45) is 4.99 Å². The Morgan fingerprint density at radius 1 is 1.30 bits per heavy atom. The normalized spacial score (nSPS) is 17.8. The Kier molecular flexibility index (Phi) is 7.02. The Morgan fingerprint density at radius 2 is 2.05 bits per heavy atom. The summed E-state index contributed by atoms with van der Waals surface area (Å²) in [6.07, 6.45) is 2.95. The minimum atomic E-state index is -0.806. The quantitative estimate of drug-likeness (QED) is 0.786. The zero-order chi connectivity index (χ0) is 13.6. The highest BCUT2D eigenvalue weighted by Crippen LogP contribution is 2.23. The third-order valence-corrected chi connectivity index (χ3v) is 3.45. The molecule has 1 aromatic carbocycles. The maximum Gasteiger partial charge on any atom is 0.191 e. The van der Waals surface area contributed by atoms with Crippen molar-refractivity contribution in [1.29, 1.82) is 0 Å². The molecule has 0 saturated carbocycles. The molecule has 112 valence electrons. The Morgan fingerprint density at radius 3 is 2.80 bits per heavy atom. The second-order valence-electron chi connectivity index (χ2n) is 5.18. The van der Waals surface area contributed by atoms with Crippen LogP contribution in [0.3, 0.4) is 0 Å². The van der Waals surface area contributed by atoms with Gasteiger partial charge in [-0.2, -0.15) is 0 Å². The van der Waals surface area contributed by atoms with E-state index in [-0.39, 0.29) is 17.0 Å². The van der Waals surface area contributed by atoms with Crippen molar-refractivity contribution in [3.8, 4) is 0 Å². The molecule has 1 aliphatic heterocycles. The van der Waals surface area contributed by atoms with Crippen molar-refractivity contribution in [1.82, 2.24) is 10.6 Å². The summed E-state index contributed by atoms with van der Waals surface area (Å²) < 4.78 is 0. The predicted octanol–water partition coefficient (Wildman–Crippen LogP) is 2.19. The maximum atomic E-state index is 10.5. The lowest BCUT2D eigenvalue weighted by molar-refractivity contribution is 0.0492. The lowest BCUT2D eigenvalue weighted by atomic mass is 9.93. The largest absolute Gasteiger partial charge is 0.385 e. The van der Waals surface area contributed by atoms with E-state index < -0.39 is 5.60 Å². The summed E-state index contributed by atoms with van der Waals surface area (Å²) in [5.41, 5.74) is 0.145. The highest BCUT2D eigenvalue weighted by molar-refractivity contribution is 8.93. The summed E-state index contributed by atoms with van der Waals surface area (Å²) in [5.74, 6) is 0.862. The van der Waals surface area contributed by atoms with Crippen LogP contribution in [0.25, 0.3) is 0 Å². The molecule has 2 rings (SSSR count). The molecule has 0 bridgehead atoms. The zero-order valence-electron chi connectivity index (χ0n) is 11.9. The fraction of sp³-hybridized carbons (Fsp3) is 0.533. The maximum absolute atomic E-state index is 10.5. The molecule has 0 radical (unpaired) electrons. The lowest BCUT2D eigenvalue weighted by Crippen LogP contribution is -2.39. The third-order valence-electron chi connectivity index (χ3n) is 3.45. The van der Waals surface area contributed by atoms with Crippen LogP contribution in [0.4, 0.5) is 0 Å². The van der Waals surface area contributed by atoms with E-state index in [1.54, 1.807) is 0 Å². The summed E-state index contributed by atoms with van der Waals surface area (Å²) in [7, 11) is 0. The predicted molar refractivity (Wildman–Crippen MR) is 88.5 cm³/mol. The number of nitrogens with one attached hydrogen (secondary N) is 2. The highest BCUT2D eigenvalue weighted by atomic mass is 79.9. The Labute approximate surface area is 131 Å². The molecule has 20 heavy (non-hydrogen) atoms. The van der Waals surface area contributed by atoms with Crippen molar-refractivity contribution in [2.75, 3.05) is 19.6 Å². The summed E-state index contributed by atoms with van der Waals surface area (Å²) in [6.45, 7) is 4.41. The van der Waals surface area contributed by atoms with Gasteiger partial charge in [-0.25, -0.2) is 0 Å². The number of aliphatic hydroxyl groups is 1. The highest BCUT2D eigenvalue weighted by Gasteiger charge is 2.22. The van der Waals surface area contributed by atoms with E-state index in [2.05, 4.69) is 15.6 Å². The first-order chi connectivity index (χ1) is 9.18. The molecule has 0 amide bonds. The van der Waals surface area contributed by atoms with Crippen molar-refractivity contribution in [2.45, 2.75) is 31.8 Å². The molecule has 0 aliphatic carbocycles. The van der Waals surface area contributed by atoms with Gasteiger partial charge in [0, 0.05) is 19.6 Å². The molecule has 5 heteroatoms. The molecule has 0 aromatic heterocycles. The van der Waals surface area contributed by atoms with Gasteiger partial charge in [0.15, 0.2) is 5.96 Å². The molecule has 0 spiro atoms. The van der Waals surface area contributed by atoms with Crippen LogP contribution in [0, 0.1) is 0 Å². The fourth-order valence-corrected chi connectivity index (χ4v) is 2.17. The van der Waals surface area contributed by atoms with Crippen LogP contribution in [0.5, 0.6) is 0 Å². The van der Waals surface area contributed by atoms with Gasteiger partial charge in [-0.15, -0.1) is 17.0 Å². The number of aliphatic imine (C=N–C) groups is 1. The zero-order valence-corrected chi connectivity index (χ0v) is 13.6. The van der Waals surface area contributed by atoms with Crippen LogP contribution < -0.4 is 10.6 Å². The fourth-order valence-electron chi connectivity index (χ4n) is 2.17. The third kappa shape index (κ3) is 5.13. The van der Waals surface area contributed by atoms with Crippen molar-refractivity contribution in [3.63, 3.8) is 0 Å². The van der Waals surface area contributed by atoms with Crippen molar-refractivity contribution < 1.29 is 5.11 Å². The first kappa shape index (κ1) is 17.0.